The van der Waals surface area contributed by atoms with Gasteiger partial charge < -0.3 is 20.1 Å². The molecule has 2 aromatic carbocycles. The van der Waals surface area contributed by atoms with Gasteiger partial charge in [0.1, 0.15) is 5.75 Å². The molecule has 3 N–H and O–H groups in total. The lowest BCUT2D eigenvalue weighted by Crippen LogP contribution is -2.23. The summed E-state index contributed by atoms with van der Waals surface area (Å²) in [6.07, 6.45) is 3.12. The average Bonchev–Trinajstić information content (AvgIpc) is 3.00. The topological polar surface area (TPSA) is 90.2 Å². The van der Waals surface area contributed by atoms with Gasteiger partial charge in [0.05, 0.1) is 13.2 Å². The van der Waals surface area contributed by atoms with Crippen molar-refractivity contribution in [2.45, 2.75) is 44.8 Å². The number of rotatable bonds is 5. The zero-order valence-electron chi connectivity index (χ0n) is 18.8. The molecule has 6 heteroatoms. The minimum absolute atomic E-state index is 0.132. The fourth-order valence-corrected chi connectivity index (χ4v) is 5.99. The van der Waals surface area contributed by atoms with Crippen LogP contribution in [-0.2, 0) is 24.2 Å². The van der Waals surface area contributed by atoms with Crippen molar-refractivity contribution in [1.29, 1.82) is 0 Å². The zero-order valence-corrected chi connectivity index (χ0v) is 18.8. The number of carboxylic acid groups (broad SMARTS) is 1. The van der Waals surface area contributed by atoms with E-state index in [-0.39, 0.29) is 23.9 Å². The quantitative estimate of drug-likeness (QED) is 0.664. The summed E-state index contributed by atoms with van der Waals surface area (Å²) < 4.78 is 5.68. The number of aliphatic hydroxyl groups excluding tert-OH is 2. The molecule has 1 heterocycles. The van der Waals surface area contributed by atoms with Crippen LogP contribution in [0.4, 0.5) is 0 Å². The number of ether oxygens (including phenoxy) is 1. The molecule has 4 atom stereocenters. The predicted octanol–water partition coefficient (Wildman–Crippen LogP) is 2.84. The maximum absolute atomic E-state index is 11.0. The van der Waals surface area contributed by atoms with Crippen LogP contribution in [0.3, 0.4) is 0 Å². The van der Waals surface area contributed by atoms with Crippen LogP contribution in [0.1, 0.15) is 41.5 Å². The number of fused-ring (bicyclic) bond motifs is 1. The van der Waals surface area contributed by atoms with Crippen molar-refractivity contribution < 1.29 is 24.9 Å². The van der Waals surface area contributed by atoms with Gasteiger partial charge in [0.2, 0.25) is 0 Å². The molecule has 2 aliphatic carbocycles. The van der Waals surface area contributed by atoms with E-state index in [2.05, 4.69) is 29.2 Å². The van der Waals surface area contributed by atoms with Crippen molar-refractivity contribution >= 4 is 5.97 Å². The first-order valence-electron chi connectivity index (χ1n) is 11.3. The van der Waals surface area contributed by atoms with Crippen LogP contribution in [-0.4, -0.2) is 59.1 Å². The first kappa shape index (κ1) is 22.8. The number of aliphatic carboxylic acids is 1. The van der Waals surface area contributed by atoms with Gasteiger partial charge in [0.25, 0.3) is 5.97 Å². The van der Waals surface area contributed by atoms with Gasteiger partial charge in [-0.15, -0.1) is 0 Å². The van der Waals surface area contributed by atoms with Gasteiger partial charge in [0, 0.05) is 44.1 Å². The van der Waals surface area contributed by atoms with E-state index in [1.165, 1.54) is 28.7 Å². The number of likely N-dealkylation sites (tertiary alicyclic amines) is 1. The number of carbonyl (C=O) groups is 1. The molecule has 0 amide bonds. The molecule has 2 aromatic rings. The lowest BCUT2D eigenvalue weighted by Gasteiger charge is -2.19. The number of methoxy groups -OCH3 is 1. The Morgan fingerprint density at radius 3 is 2.47 bits per heavy atom. The Hall–Kier alpha value is -2.41. The highest BCUT2D eigenvalue weighted by Gasteiger charge is 2.70. The SMILES string of the molecule is CC(=O)O.COc1cc2c(cc1CN1C[C@H](O)[C@@]3(C1)[C@H](CO)[C@H]3c1ccccc1)CCC2. The van der Waals surface area contributed by atoms with Crippen molar-refractivity contribution in [3.8, 4) is 5.75 Å². The second-order valence-corrected chi connectivity index (χ2v) is 9.28. The van der Waals surface area contributed by atoms with E-state index in [1.54, 1.807) is 7.11 Å². The maximum atomic E-state index is 11.0. The fraction of sp³-hybridized carbons (Fsp3) is 0.500. The third kappa shape index (κ3) is 4.15. The Bertz CT molecular complexity index is 958. The van der Waals surface area contributed by atoms with Crippen molar-refractivity contribution in [2.75, 3.05) is 26.8 Å². The molecule has 1 saturated heterocycles. The van der Waals surface area contributed by atoms with Gasteiger partial charge in [0.15, 0.2) is 0 Å². The standard InChI is InChI=1S/C24H29NO3.C2H4O2/c1-28-21-11-18-9-5-8-17(18)10-19(21)12-25-13-22(27)24(15-25)20(14-26)23(24)16-6-3-2-4-7-16;1-2(3)4/h2-4,6-7,10-11,20,22-23,26-27H,5,8-9,12-15H2,1H3;1H3,(H,3,4)/t20-,22+,23-,24-;/m1./s1. The summed E-state index contributed by atoms with van der Waals surface area (Å²) in [4.78, 5) is 11.3. The maximum Gasteiger partial charge on any atom is 0.300 e. The van der Waals surface area contributed by atoms with E-state index in [0.717, 1.165) is 38.6 Å². The highest BCUT2D eigenvalue weighted by Crippen LogP contribution is 2.68. The van der Waals surface area contributed by atoms with Gasteiger partial charge in [-0.25, -0.2) is 0 Å². The van der Waals surface area contributed by atoms with Crippen LogP contribution in [0, 0.1) is 11.3 Å². The summed E-state index contributed by atoms with van der Waals surface area (Å²) in [5.74, 6) is 0.502. The van der Waals surface area contributed by atoms with Crippen LogP contribution in [0.2, 0.25) is 0 Å². The first-order valence-corrected chi connectivity index (χ1v) is 11.3. The molecular formula is C26H33NO5. The monoisotopic (exact) mass is 439 g/mol. The summed E-state index contributed by atoms with van der Waals surface area (Å²) in [5.41, 5.74) is 5.10. The summed E-state index contributed by atoms with van der Waals surface area (Å²) >= 11 is 0. The number of hydrogen-bond donors (Lipinski definition) is 3. The van der Waals surface area contributed by atoms with Gasteiger partial charge >= 0.3 is 0 Å². The van der Waals surface area contributed by atoms with E-state index in [1.807, 2.05) is 18.2 Å². The van der Waals surface area contributed by atoms with Crippen LogP contribution < -0.4 is 4.74 Å². The molecule has 32 heavy (non-hydrogen) atoms. The Morgan fingerprint density at radius 2 is 1.84 bits per heavy atom. The Kier molecular flexibility index (Phi) is 6.56. The highest BCUT2D eigenvalue weighted by molar-refractivity contribution is 5.63. The molecule has 3 aliphatic rings. The molecule has 0 bridgehead atoms. The molecule has 0 aromatic heterocycles. The molecule has 6 nitrogen and oxygen atoms in total. The molecule has 5 rings (SSSR count). The second kappa shape index (κ2) is 9.22. The Labute approximate surface area is 189 Å². The van der Waals surface area contributed by atoms with E-state index in [0.29, 0.717) is 6.54 Å². The smallest absolute Gasteiger partial charge is 0.300 e. The number of aliphatic hydroxyl groups is 2. The first-order chi connectivity index (χ1) is 15.4. The highest BCUT2D eigenvalue weighted by atomic mass is 16.5. The predicted molar refractivity (Wildman–Crippen MR) is 122 cm³/mol. The average molecular weight is 440 g/mol. The van der Waals surface area contributed by atoms with Gasteiger partial charge in [-0.1, -0.05) is 36.4 Å². The Balaban J connectivity index is 0.000000567. The summed E-state index contributed by atoms with van der Waals surface area (Å²) in [6, 6.07) is 14.9. The van der Waals surface area contributed by atoms with Crippen molar-refractivity contribution in [1.82, 2.24) is 4.90 Å². The summed E-state index contributed by atoms with van der Waals surface area (Å²) in [6.45, 7) is 3.47. The van der Waals surface area contributed by atoms with Gasteiger partial charge in [-0.2, -0.15) is 0 Å². The number of carboxylic acids is 1. The normalized spacial score (nSPS) is 28.2. The van der Waals surface area contributed by atoms with Crippen LogP contribution in [0.25, 0.3) is 0 Å². The van der Waals surface area contributed by atoms with E-state index >= 15 is 0 Å². The minimum Gasteiger partial charge on any atom is -0.496 e. The molecular weight excluding hydrogens is 406 g/mol. The van der Waals surface area contributed by atoms with Gasteiger partial charge in [-0.05, 0) is 53.9 Å². The van der Waals surface area contributed by atoms with Gasteiger partial charge in [-0.3, -0.25) is 9.69 Å². The van der Waals surface area contributed by atoms with Crippen molar-refractivity contribution in [3.63, 3.8) is 0 Å². The van der Waals surface area contributed by atoms with Crippen molar-refractivity contribution in [3.05, 3.63) is 64.7 Å². The molecule has 1 saturated carbocycles. The molecule has 172 valence electrons. The molecule has 0 radical (unpaired) electrons. The molecule has 0 unspecified atom stereocenters. The van der Waals surface area contributed by atoms with E-state index < -0.39 is 12.1 Å². The number of benzene rings is 2. The molecule has 1 aliphatic heterocycles. The number of hydrogen-bond acceptors (Lipinski definition) is 5. The largest absolute Gasteiger partial charge is 0.496 e. The molecule has 1 spiro atoms. The summed E-state index contributed by atoms with van der Waals surface area (Å²) in [7, 11) is 1.74. The van der Waals surface area contributed by atoms with Crippen LogP contribution >= 0.6 is 0 Å². The van der Waals surface area contributed by atoms with Crippen LogP contribution in [0.15, 0.2) is 42.5 Å². The number of nitrogens with zero attached hydrogens (tertiary/aromatic N) is 1. The molecule has 2 fully saturated rings. The fourth-order valence-electron chi connectivity index (χ4n) is 5.99. The van der Waals surface area contributed by atoms with Crippen molar-refractivity contribution in [2.24, 2.45) is 11.3 Å². The summed E-state index contributed by atoms with van der Waals surface area (Å²) in [5, 5.41) is 28.4. The number of aryl methyl sites for hydroxylation is 2. The third-order valence-electron chi connectivity index (χ3n) is 7.36. The third-order valence-corrected chi connectivity index (χ3v) is 7.36. The second-order valence-electron chi connectivity index (χ2n) is 9.28. The minimum atomic E-state index is -0.833. The van der Waals surface area contributed by atoms with E-state index in [4.69, 9.17) is 14.6 Å². The van der Waals surface area contributed by atoms with Crippen LogP contribution in [0.5, 0.6) is 5.75 Å². The number of β-amino-alcohol motifs (C(OH)–C–C–N with tert-alkyl or cyclic N) is 1. The zero-order chi connectivity index (χ0) is 22.9. The Morgan fingerprint density at radius 1 is 1.19 bits per heavy atom. The lowest BCUT2D eigenvalue weighted by molar-refractivity contribution is -0.134. The van der Waals surface area contributed by atoms with E-state index in [9.17, 15) is 10.2 Å². The lowest BCUT2D eigenvalue weighted by atomic mass is 9.95.